The molecule has 0 unspecified atom stereocenters. The van der Waals surface area contributed by atoms with Crippen LogP contribution < -0.4 is 10.9 Å². The molecule has 2 aliphatic rings. The fraction of sp³-hybridized carbons (Fsp3) is 0.450. The maximum Gasteiger partial charge on any atom is 0.296 e. The fourth-order valence-corrected chi connectivity index (χ4v) is 3.13. The monoisotopic (exact) mass is 404 g/mol. The zero-order valence-electron chi connectivity index (χ0n) is 16.4. The van der Waals surface area contributed by atoms with Gasteiger partial charge in [-0.25, -0.2) is 9.37 Å². The molecule has 1 amide bonds. The number of allylic oxidation sites excluding steroid dienone is 4. The Bertz CT molecular complexity index is 914. The molecule has 0 spiro atoms. The van der Waals surface area contributed by atoms with E-state index in [1.165, 1.54) is 17.7 Å². The van der Waals surface area contributed by atoms with Crippen LogP contribution in [0, 0.1) is 0 Å². The number of hydrogen-bond donors (Lipinski definition) is 2. The summed E-state index contributed by atoms with van der Waals surface area (Å²) in [5.74, 6) is -1.19. The molecule has 3 rings (SSSR count). The summed E-state index contributed by atoms with van der Waals surface area (Å²) in [5, 5.41) is 12.8. The largest absolute Gasteiger partial charge is 0.501 e. The van der Waals surface area contributed by atoms with Crippen LogP contribution >= 0.6 is 0 Å². The molecule has 1 aliphatic carbocycles. The predicted octanol–water partition coefficient (Wildman–Crippen LogP) is 0.830. The van der Waals surface area contributed by atoms with Crippen LogP contribution in [0.4, 0.5) is 4.39 Å². The van der Waals surface area contributed by atoms with E-state index in [1.807, 2.05) is 0 Å². The Labute approximate surface area is 168 Å². The normalized spacial score (nSPS) is 17.4. The van der Waals surface area contributed by atoms with Crippen molar-refractivity contribution in [1.82, 2.24) is 19.8 Å². The number of hydrogen-bond acceptors (Lipinski definition) is 6. The van der Waals surface area contributed by atoms with E-state index < -0.39 is 17.2 Å². The van der Waals surface area contributed by atoms with Crippen molar-refractivity contribution in [3.8, 4) is 5.75 Å². The van der Waals surface area contributed by atoms with Crippen LogP contribution in [0.3, 0.4) is 0 Å². The molecule has 156 valence electrons. The lowest BCUT2D eigenvalue weighted by Gasteiger charge is -2.26. The third-order valence-corrected chi connectivity index (χ3v) is 4.91. The second-order valence-corrected chi connectivity index (χ2v) is 6.94. The second kappa shape index (κ2) is 9.62. The smallest absolute Gasteiger partial charge is 0.296 e. The lowest BCUT2D eigenvalue weighted by molar-refractivity contribution is 0.0381. The Kier molecular flexibility index (Phi) is 6.95. The van der Waals surface area contributed by atoms with Crippen molar-refractivity contribution < 1.29 is 19.0 Å². The Morgan fingerprint density at radius 2 is 2.10 bits per heavy atom. The first-order valence-electron chi connectivity index (χ1n) is 9.54. The number of nitrogens with zero attached hydrogens (tertiary/aromatic N) is 3. The van der Waals surface area contributed by atoms with Crippen LogP contribution in [0.25, 0.3) is 0 Å². The molecule has 8 nitrogen and oxygen atoms in total. The maximum absolute atomic E-state index is 13.3. The van der Waals surface area contributed by atoms with Crippen LogP contribution in [0.1, 0.15) is 22.7 Å². The summed E-state index contributed by atoms with van der Waals surface area (Å²) in [4.78, 5) is 31.3. The van der Waals surface area contributed by atoms with Crippen molar-refractivity contribution in [2.75, 3.05) is 39.4 Å². The first-order chi connectivity index (χ1) is 14.0. The quantitative estimate of drug-likeness (QED) is 0.729. The van der Waals surface area contributed by atoms with Gasteiger partial charge in [0, 0.05) is 46.1 Å². The van der Waals surface area contributed by atoms with Gasteiger partial charge in [0.1, 0.15) is 11.7 Å². The molecule has 1 aliphatic heterocycles. The Morgan fingerprint density at radius 1 is 1.34 bits per heavy atom. The van der Waals surface area contributed by atoms with Crippen molar-refractivity contribution in [1.29, 1.82) is 0 Å². The van der Waals surface area contributed by atoms with Crippen LogP contribution in [0.2, 0.25) is 0 Å². The SMILES string of the molecule is Cn1c(CCN2CCOCC2)nc(C(=O)NCC2=CC=C(F)CC=C2)c(O)c1=O. The Morgan fingerprint density at radius 3 is 2.86 bits per heavy atom. The number of carbonyl (C=O) groups is 1. The molecule has 0 atom stereocenters. The van der Waals surface area contributed by atoms with Crippen LogP contribution in [-0.4, -0.2) is 64.9 Å². The van der Waals surface area contributed by atoms with E-state index in [-0.39, 0.29) is 24.5 Å². The molecule has 1 aromatic heterocycles. The topological polar surface area (TPSA) is 96.7 Å². The van der Waals surface area contributed by atoms with E-state index in [9.17, 15) is 19.1 Å². The highest BCUT2D eigenvalue weighted by Gasteiger charge is 2.21. The summed E-state index contributed by atoms with van der Waals surface area (Å²) in [7, 11) is 1.52. The van der Waals surface area contributed by atoms with Gasteiger partial charge in [-0.05, 0) is 11.6 Å². The molecule has 0 radical (unpaired) electrons. The molecule has 1 saturated heterocycles. The molecule has 1 aromatic rings. The highest BCUT2D eigenvalue weighted by Crippen LogP contribution is 2.13. The van der Waals surface area contributed by atoms with E-state index in [0.29, 0.717) is 37.6 Å². The zero-order valence-corrected chi connectivity index (χ0v) is 16.4. The molecule has 1 fully saturated rings. The molecule has 2 N–H and O–H groups in total. The number of rotatable bonds is 6. The first-order valence-corrected chi connectivity index (χ1v) is 9.54. The van der Waals surface area contributed by atoms with Gasteiger partial charge in [0.15, 0.2) is 5.69 Å². The average molecular weight is 404 g/mol. The van der Waals surface area contributed by atoms with E-state index in [1.54, 1.807) is 18.2 Å². The van der Waals surface area contributed by atoms with E-state index in [0.717, 1.165) is 13.1 Å². The van der Waals surface area contributed by atoms with Gasteiger partial charge in [0.2, 0.25) is 5.75 Å². The third-order valence-electron chi connectivity index (χ3n) is 4.91. The van der Waals surface area contributed by atoms with Crippen molar-refractivity contribution in [3.63, 3.8) is 0 Å². The van der Waals surface area contributed by atoms with Gasteiger partial charge in [0.25, 0.3) is 11.5 Å². The average Bonchev–Trinajstić information content (AvgIpc) is 2.94. The number of amides is 1. The number of morpholine rings is 1. The summed E-state index contributed by atoms with van der Waals surface area (Å²) >= 11 is 0. The summed E-state index contributed by atoms with van der Waals surface area (Å²) < 4.78 is 19.8. The minimum Gasteiger partial charge on any atom is -0.501 e. The number of nitrogens with one attached hydrogen (secondary N) is 1. The van der Waals surface area contributed by atoms with E-state index >= 15 is 0 Å². The number of ether oxygens (including phenoxy) is 1. The van der Waals surface area contributed by atoms with E-state index in [2.05, 4.69) is 15.2 Å². The Balaban J connectivity index is 1.71. The molecule has 0 saturated carbocycles. The third kappa shape index (κ3) is 5.39. The van der Waals surface area contributed by atoms with Gasteiger partial charge in [-0.1, -0.05) is 18.2 Å². The van der Waals surface area contributed by atoms with Crippen LogP contribution in [0.15, 0.2) is 40.5 Å². The molecular formula is C20H25FN4O4. The standard InChI is InChI=1S/C20H25FN4O4/c1-24-16(7-8-25-9-11-29-12-10-25)23-17(18(26)20(24)28)19(27)22-13-14-3-2-4-15(21)6-5-14/h2-3,5-6,26H,4,7-13H2,1H3,(H,22,27). The minimum atomic E-state index is -0.684. The zero-order chi connectivity index (χ0) is 20.8. The molecule has 2 heterocycles. The van der Waals surface area contributed by atoms with Gasteiger partial charge in [-0.2, -0.15) is 0 Å². The number of aromatic nitrogens is 2. The van der Waals surface area contributed by atoms with E-state index in [4.69, 9.17) is 4.74 Å². The molecule has 0 bridgehead atoms. The molecule has 29 heavy (non-hydrogen) atoms. The fourth-order valence-electron chi connectivity index (χ4n) is 3.13. The van der Waals surface area contributed by atoms with Crippen molar-refractivity contribution in [3.05, 3.63) is 57.6 Å². The number of carbonyl (C=O) groups excluding carboxylic acids is 1. The molecule has 9 heteroatoms. The summed E-state index contributed by atoms with van der Waals surface area (Å²) in [6.07, 6.45) is 6.97. The van der Waals surface area contributed by atoms with Crippen LogP contribution in [-0.2, 0) is 18.2 Å². The molecule has 0 aromatic carbocycles. The van der Waals surface area contributed by atoms with Crippen molar-refractivity contribution in [2.45, 2.75) is 12.8 Å². The van der Waals surface area contributed by atoms with Crippen molar-refractivity contribution in [2.24, 2.45) is 7.05 Å². The first kappa shape index (κ1) is 20.9. The van der Waals surface area contributed by atoms with Gasteiger partial charge < -0.3 is 15.2 Å². The Hall–Kier alpha value is -2.78. The van der Waals surface area contributed by atoms with Crippen LogP contribution in [0.5, 0.6) is 5.75 Å². The van der Waals surface area contributed by atoms with Gasteiger partial charge in [-0.15, -0.1) is 0 Å². The summed E-state index contributed by atoms with van der Waals surface area (Å²) in [6.45, 7) is 3.73. The van der Waals surface area contributed by atoms with Gasteiger partial charge in [0.05, 0.1) is 13.2 Å². The molecular weight excluding hydrogens is 379 g/mol. The highest BCUT2D eigenvalue weighted by atomic mass is 19.1. The highest BCUT2D eigenvalue weighted by molar-refractivity contribution is 5.94. The summed E-state index contributed by atoms with van der Waals surface area (Å²) in [5.41, 5.74) is -0.271. The van der Waals surface area contributed by atoms with Gasteiger partial charge in [-0.3, -0.25) is 19.1 Å². The number of aromatic hydroxyl groups is 1. The summed E-state index contributed by atoms with van der Waals surface area (Å²) in [6, 6.07) is 0. The number of halogens is 1. The lowest BCUT2D eigenvalue weighted by atomic mass is 10.2. The van der Waals surface area contributed by atoms with Crippen molar-refractivity contribution >= 4 is 5.91 Å². The lowest BCUT2D eigenvalue weighted by Crippen LogP contribution is -2.38. The predicted molar refractivity (Wildman–Crippen MR) is 105 cm³/mol. The minimum absolute atomic E-state index is 0.124. The second-order valence-electron chi connectivity index (χ2n) is 6.94. The van der Waals surface area contributed by atoms with Gasteiger partial charge >= 0.3 is 0 Å². The maximum atomic E-state index is 13.3.